The molecule has 0 unspecified atom stereocenters. The molecule has 0 bridgehead atoms. The first-order chi connectivity index (χ1) is 8.93. The van der Waals surface area contributed by atoms with E-state index in [9.17, 15) is 13.2 Å². The van der Waals surface area contributed by atoms with E-state index in [2.05, 4.69) is 11.6 Å². The molecule has 0 saturated carbocycles. The van der Waals surface area contributed by atoms with Crippen LogP contribution < -0.4 is 0 Å². The molecule has 98 valence electrons. The first-order valence-corrected chi connectivity index (χ1v) is 5.68. The van der Waals surface area contributed by atoms with E-state index in [4.69, 9.17) is 0 Å². The van der Waals surface area contributed by atoms with Crippen molar-refractivity contribution in [1.82, 2.24) is 4.98 Å². The summed E-state index contributed by atoms with van der Waals surface area (Å²) in [5.41, 5.74) is -0.106. The molecule has 1 aromatic heterocycles. The Morgan fingerprint density at radius 1 is 1.21 bits per heavy atom. The van der Waals surface area contributed by atoms with E-state index in [0.717, 1.165) is 6.07 Å². The number of benzene rings is 1. The van der Waals surface area contributed by atoms with Crippen molar-refractivity contribution in [2.75, 3.05) is 0 Å². The first-order valence-electron chi connectivity index (χ1n) is 5.68. The van der Waals surface area contributed by atoms with Crippen molar-refractivity contribution >= 4 is 5.57 Å². The zero-order chi connectivity index (χ0) is 14.0. The van der Waals surface area contributed by atoms with Crippen LogP contribution >= 0.6 is 0 Å². The Bertz CT molecular complexity index is 606. The molecule has 0 aliphatic heterocycles. The summed E-state index contributed by atoms with van der Waals surface area (Å²) in [6.07, 6.45) is 1.30. The zero-order valence-corrected chi connectivity index (χ0v) is 10.3. The van der Waals surface area contributed by atoms with Gasteiger partial charge in [0, 0.05) is 11.8 Å². The van der Waals surface area contributed by atoms with Gasteiger partial charge in [-0.05, 0) is 42.3 Å². The molecule has 0 fully saturated rings. The molecule has 0 aliphatic rings. The molecule has 1 heterocycles. The van der Waals surface area contributed by atoms with Crippen LogP contribution in [0.1, 0.15) is 16.8 Å². The molecule has 2 aromatic rings. The third-order valence-corrected chi connectivity index (χ3v) is 2.88. The Labute approximate surface area is 109 Å². The number of allylic oxidation sites excluding steroid dienone is 1. The van der Waals surface area contributed by atoms with Gasteiger partial charge in [-0.2, -0.15) is 8.78 Å². The van der Waals surface area contributed by atoms with Crippen LogP contribution in [-0.4, -0.2) is 4.98 Å². The molecule has 1 nitrogen and oxygen atoms in total. The van der Waals surface area contributed by atoms with Gasteiger partial charge in [0.2, 0.25) is 0 Å². The average Bonchev–Trinajstić information content (AvgIpc) is 2.39. The fourth-order valence-corrected chi connectivity index (χ4v) is 1.84. The highest BCUT2D eigenvalue weighted by Crippen LogP contribution is 2.40. The first kappa shape index (κ1) is 13.3. The van der Waals surface area contributed by atoms with Crippen molar-refractivity contribution in [3.05, 3.63) is 71.8 Å². The topological polar surface area (TPSA) is 12.9 Å². The van der Waals surface area contributed by atoms with E-state index >= 15 is 0 Å². The molecule has 19 heavy (non-hydrogen) atoms. The average molecular weight is 263 g/mol. The number of hydrogen-bond donors (Lipinski definition) is 0. The van der Waals surface area contributed by atoms with E-state index in [-0.39, 0.29) is 16.8 Å². The SMILES string of the molecule is C=C(c1ccc(F)cc1C)C(F)(F)c1ccccn1. The van der Waals surface area contributed by atoms with Crippen molar-refractivity contribution in [1.29, 1.82) is 0 Å². The van der Waals surface area contributed by atoms with Gasteiger partial charge in [-0.25, -0.2) is 4.39 Å². The summed E-state index contributed by atoms with van der Waals surface area (Å²) in [6, 6.07) is 7.94. The zero-order valence-electron chi connectivity index (χ0n) is 10.3. The normalized spacial score (nSPS) is 11.4. The summed E-state index contributed by atoms with van der Waals surface area (Å²) in [6.45, 7) is 5.02. The van der Waals surface area contributed by atoms with Gasteiger partial charge in [0.1, 0.15) is 11.5 Å². The van der Waals surface area contributed by atoms with Crippen LogP contribution in [0.3, 0.4) is 0 Å². The number of pyridine rings is 1. The Morgan fingerprint density at radius 2 is 1.95 bits per heavy atom. The minimum atomic E-state index is -3.29. The lowest BCUT2D eigenvalue weighted by molar-refractivity contribution is 0.0596. The number of alkyl halides is 2. The number of rotatable bonds is 3. The molecule has 0 radical (unpaired) electrons. The largest absolute Gasteiger partial charge is 0.314 e. The number of aryl methyl sites for hydroxylation is 1. The van der Waals surface area contributed by atoms with Gasteiger partial charge in [0.05, 0.1) is 0 Å². The van der Waals surface area contributed by atoms with Crippen LogP contribution in [0.4, 0.5) is 13.2 Å². The summed E-state index contributed by atoms with van der Waals surface area (Å²) in [5, 5.41) is 0. The van der Waals surface area contributed by atoms with Crippen LogP contribution in [-0.2, 0) is 5.92 Å². The number of aromatic nitrogens is 1. The fraction of sp³-hybridized carbons (Fsp3) is 0.133. The molecule has 4 heteroatoms. The van der Waals surface area contributed by atoms with Crippen LogP contribution in [0.2, 0.25) is 0 Å². The van der Waals surface area contributed by atoms with Crippen molar-refractivity contribution in [2.24, 2.45) is 0 Å². The highest BCUT2D eigenvalue weighted by molar-refractivity contribution is 5.72. The predicted octanol–water partition coefficient (Wildman–Crippen LogP) is 4.33. The standard InChI is InChI=1S/C15H12F3N/c1-10-9-12(16)6-7-13(10)11(2)15(17,18)14-5-3-4-8-19-14/h3-9H,2H2,1H3. The van der Waals surface area contributed by atoms with Crippen LogP contribution in [0.5, 0.6) is 0 Å². The maximum atomic E-state index is 14.3. The molecular weight excluding hydrogens is 251 g/mol. The summed E-state index contributed by atoms with van der Waals surface area (Å²) >= 11 is 0. The van der Waals surface area contributed by atoms with E-state index in [1.807, 2.05) is 0 Å². The summed E-state index contributed by atoms with van der Waals surface area (Å²) in [5.74, 6) is -3.75. The quantitative estimate of drug-likeness (QED) is 0.803. The molecule has 0 aliphatic carbocycles. The summed E-state index contributed by atoms with van der Waals surface area (Å²) in [4.78, 5) is 3.66. The van der Waals surface area contributed by atoms with Gasteiger partial charge in [-0.1, -0.05) is 18.7 Å². The Balaban J connectivity index is 2.43. The van der Waals surface area contributed by atoms with E-state index in [1.54, 1.807) is 13.0 Å². The monoisotopic (exact) mass is 263 g/mol. The number of nitrogens with zero attached hydrogens (tertiary/aromatic N) is 1. The number of hydrogen-bond acceptors (Lipinski definition) is 1. The number of halogens is 3. The third-order valence-electron chi connectivity index (χ3n) is 2.88. The van der Waals surface area contributed by atoms with Crippen molar-refractivity contribution in [2.45, 2.75) is 12.8 Å². The van der Waals surface area contributed by atoms with Crippen LogP contribution in [0.15, 0.2) is 49.2 Å². The lowest BCUT2D eigenvalue weighted by Gasteiger charge is -2.20. The fourth-order valence-electron chi connectivity index (χ4n) is 1.84. The van der Waals surface area contributed by atoms with Crippen LogP contribution in [0.25, 0.3) is 5.57 Å². The molecule has 0 saturated heterocycles. The van der Waals surface area contributed by atoms with E-state index in [0.29, 0.717) is 5.56 Å². The van der Waals surface area contributed by atoms with Crippen molar-refractivity contribution in [3.8, 4) is 0 Å². The van der Waals surface area contributed by atoms with Gasteiger partial charge in [0.15, 0.2) is 0 Å². The minimum Gasteiger partial charge on any atom is -0.255 e. The molecular formula is C15H12F3N. The highest BCUT2D eigenvalue weighted by Gasteiger charge is 2.37. The lowest BCUT2D eigenvalue weighted by Crippen LogP contribution is -2.17. The third kappa shape index (κ3) is 2.52. The predicted molar refractivity (Wildman–Crippen MR) is 68.3 cm³/mol. The van der Waals surface area contributed by atoms with Gasteiger partial charge in [0.25, 0.3) is 0 Å². The molecule has 0 amide bonds. The van der Waals surface area contributed by atoms with E-state index < -0.39 is 11.7 Å². The van der Waals surface area contributed by atoms with Crippen molar-refractivity contribution < 1.29 is 13.2 Å². The second-order valence-corrected chi connectivity index (χ2v) is 4.23. The van der Waals surface area contributed by atoms with Crippen LogP contribution in [0, 0.1) is 12.7 Å². The lowest BCUT2D eigenvalue weighted by atomic mass is 9.95. The summed E-state index contributed by atoms with van der Waals surface area (Å²) < 4.78 is 41.5. The van der Waals surface area contributed by atoms with Gasteiger partial charge in [-0.3, -0.25) is 4.98 Å². The maximum Gasteiger partial charge on any atom is 0.314 e. The second-order valence-electron chi connectivity index (χ2n) is 4.23. The van der Waals surface area contributed by atoms with Gasteiger partial charge >= 0.3 is 5.92 Å². The van der Waals surface area contributed by atoms with Gasteiger partial charge < -0.3 is 0 Å². The Kier molecular flexibility index (Phi) is 3.42. The minimum absolute atomic E-state index is 0.233. The van der Waals surface area contributed by atoms with Gasteiger partial charge in [-0.15, -0.1) is 0 Å². The van der Waals surface area contributed by atoms with Crippen molar-refractivity contribution in [3.63, 3.8) is 0 Å². The molecule has 0 N–H and O–H groups in total. The molecule has 0 atom stereocenters. The second kappa shape index (κ2) is 4.88. The Hall–Kier alpha value is -2.10. The maximum absolute atomic E-state index is 14.3. The van der Waals surface area contributed by atoms with E-state index in [1.165, 1.54) is 30.5 Å². The molecule has 2 rings (SSSR count). The Morgan fingerprint density at radius 3 is 2.53 bits per heavy atom. The molecule has 0 spiro atoms. The molecule has 1 aromatic carbocycles. The summed E-state index contributed by atoms with van der Waals surface area (Å²) in [7, 11) is 0. The smallest absolute Gasteiger partial charge is 0.255 e. The highest BCUT2D eigenvalue weighted by atomic mass is 19.3.